The van der Waals surface area contributed by atoms with Crippen LogP contribution in [0.2, 0.25) is 0 Å². The Labute approximate surface area is 121 Å². The Balaban J connectivity index is 2.63. The van der Waals surface area contributed by atoms with Crippen molar-refractivity contribution in [3.05, 3.63) is 39.7 Å². The first-order chi connectivity index (χ1) is 9.67. The van der Waals surface area contributed by atoms with E-state index in [4.69, 9.17) is 4.74 Å². The Bertz CT molecular complexity index is 612. The molecule has 0 spiro atoms. The summed E-state index contributed by atoms with van der Waals surface area (Å²) in [5.74, 6) is 4.35. The number of halogens is 1. The fourth-order valence-electron chi connectivity index (χ4n) is 1.33. The molecule has 0 heterocycles. The Morgan fingerprint density at radius 1 is 1.43 bits per heavy atom. The van der Waals surface area contributed by atoms with Gasteiger partial charge in [-0.3, -0.25) is 10.1 Å². The van der Waals surface area contributed by atoms with Crippen LogP contribution in [-0.4, -0.2) is 23.2 Å². The van der Waals surface area contributed by atoms with Crippen LogP contribution in [0.15, 0.2) is 18.2 Å². The summed E-state index contributed by atoms with van der Waals surface area (Å²) in [6.07, 6.45) is -0.623. The second-order valence-corrected chi connectivity index (χ2v) is 5.11. The van der Waals surface area contributed by atoms with Crippen LogP contribution < -0.4 is 5.32 Å². The zero-order valence-electron chi connectivity index (χ0n) is 11.9. The zero-order valence-corrected chi connectivity index (χ0v) is 11.9. The molecule has 0 aliphatic heterocycles. The molecule has 0 saturated carbocycles. The summed E-state index contributed by atoms with van der Waals surface area (Å²) >= 11 is 0. The van der Waals surface area contributed by atoms with Crippen LogP contribution >= 0.6 is 0 Å². The minimum Gasteiger partial charge on any atom is -0.444 e. The Kier molecular flexibility index (Phi) is 5.24. The number of carbonyl (C=O) groups excluding carboxylic acids is 1. The van der Waals surface area contributed by atoms with E-state index >= 15 is 0 Å². The van der Waals surface area contributed by atoms with Gasteiger partial charge >= 0.3 is 6.09 Å². The number of nitro groups is 1. The molecule has 6 nitrogen and oxygen atoms in total. The van der Waals surface area contributed by atoms with E-state index in [0.717, 1.165) is 18.2 Å². The Hall–Kier alpha value is -2.62. The van der Waals surface area contributed by atoms with Crippen molar-refractivity contribution < 1.29 is 18.8 Å². The molecule has 112 valence electrons. The smallest absolute Gasteiger partial charge is 0.408 e. The van der Waals surface area contributed by atoms with Gasteiger partial charge in [-0.1, -0.05) is 11.8 Å². The highest BCUT2D eigenvalue weighted by atomic mass is 19.1. The van der Waals surface area contributed by atoms with Crippen LogP contribution in [0.4, 0.5) is 14.9 Å². The molecule has 1 N–H and O–H groups in total. The quantitative estimate of drug-likeness (QED) is 0.516. The molecule has 1 rings (SSSR count). The summed E-state index contributed by atoms with van der Waals surface area (Å²) in [6.45, 7) is 5.16. The number of benzene rings is 1. The lowest BCUT2D eigenvalue weighted by molar-refractivity contribution is -0.385. The summed E-state index contributed by atoms with van der Waals surface area (Å²) in [4.78, 5) is 21.2. The van der Waals surface area contributed by atoms with Crippen molar-refractivity contribution in [3.8, 4) is 11.8 Å². The number of rotatable bonds is 2. The molecule has 1 aromatic carbocycles. The first kappa shape index (κ1) is 16.4. The molecule has 0 aromatic heterocycles. The number of alkyl carbamates (subject to hydrolysis) is 1. The second kappa shape index (κ2) is 6.70. The second-order valence-electron chi connectivity index (χ2n) is 5.11. The molecule has 0 fully saturated rings. The van der Waals surface area contributed by atoms with E-state index in [0.29, 0.717) is 0 Å². The van der Waals surface area contributed by atoms with Gasteiger partial charge in [0.1, 0.15) is 11.4 Å². The van der Waals surface area contributed by atoms with Crippen LogP contribution in [0.1, 0.15) is 26.3 Å². The number of hydrogen-bond acceptors (Lipinski definition) is 4. The molecule has 21 heavy (non-hydrogen) atoms. The van der Waals surface area contributed by atoms with E-state index in [2.05, 4.69) is 17.2 Å². The average Bonchev–Trinajstić information content (AvgIpc) is 2.31. The van der Waals surface area contributed by atoms with E-state index in [1.807, 2.05) is 0 Å². The maximum Gasteiger partial charge on any atom is 0.408 e. The zero-order chi connectivity index (χ0) is 16.0. The largest absolute Gasteiger partial charge is 0.444 e. The number of carbonyl (C=O) groups is 1. The summed E-state index contributed by atoms with van der Waals surface area (Å²) < 4.78 is 18.1. The van der Waals surface area contributed by atoms with Crippen LogP contribution in [-0.2, 0) is 4.74 Å². The first-order valence-corrected chi connectivity index (χ1v) is 6.08. The van der Waals surface area contributed by atoms with E-state index < -0.39 is 22.4 Å². The average molecular weight is 294 g/mol. The van der Waals surface area contributed by atoms with Crippen molar-refractivity contribution in [2.75, 3.05) is 6.54 Å². The van der Waals surface area contributed by atoms with Crippen LogP contribution in [0.25, 0.3) is 0 Å². The van der Waals surface area contributed by atoms with Crippen molar-refractivity contribution in [2.24, 2.45) is 0 Å². The summed E-state index contributed by atoms with van der Waals surface area (Å²) in [5.41, 5.74) is -0.826. The number of hydrogen-bond donors (Lipinski definition) is 1. The molecule has 0 unspecified atom stereocenters. The van der Waals surface area contributed by atoms with Crippen molar-refractivity contribution in [1.29, 1.82) is 0 Å². The topological polar surface area (TPSA) is 81.5 Å². The third-order valence-electron chi connectivity index (χ3n) is 2.05. The highest BCUT2D eigenvalue weighted by Crippen LogP contribution is 2.15. The lowest BCUT2D eigenvalue weighted by atomic mass is 10.2. The molecule has 0 bridgehead atoms. The Morgan fingerprint density at radius 3 is 2.67 bits per heavy atom. The lowest BCUT2D eigenvalue weighted by Gasteiger charge is -2.18. The van der Waals surface area contributed by atoms with E-state index in [1.54, 1.807) is 20.8 Å². The van der Waals surface area contributed by atoms with Gasteiger partial charge in [0, 0.05) is 11.6 Å². The van der Waals surface area contributed by atoms with Crippen LogP contribution in [0.5, 0.6) is 0 Å². The lowest BCUT2D eigenvalue weighted by Crippen LogP contribution is -2.32. The van der Waals surface area contributed by atoms with Crippen molar-refractivity contribution in [2.45, 2.75) is 26.4 Å². The third-order valence-corrected chi connectivity index (χ3v) is 2.05. The summed E-state index contributed by atoms with van der Waals surface area (Å²) in [6, 6.07) is 3.04. The van der Waals surface area contributed by atoms with Crippen molar-refractivity contribution in [3.63, 3.8) is 0 Å². The van der Waals surface area contributed by atoms with Gasteiger partial charge in [-0.2, -0.15) is 0 Å². The summed E-state index contributed by atoms with van der Waals surface area (Å²) in [5, 5.41) is 13.0. The van der Waals surface area contributed by atoms with Crippen molar-refractivity contribution >= 4 is 11.8 Å². The number of ether oxygens (including phenoxy) is 1. The molecule has 0 aliphatic carbocycles. The predicted molar refractivity (Wildman–Crippen MR) is 74.2 cm³/mol. The maximum absolute atomic E-state index is 13.1. The molecule has 0 saturated heterocycles. The van der Waals surface area contributed by atoms with Gasteiger partial charge < -0.3 is 10.1 Å². The number of nitrogens with zero attached hydrogens (tertiary/aromatic N) is 1. The number of nitrogens with one attached hydrogen (secondary N) is 1. The summed E-state index contributed by atoms with van der Waals surface area (Å²) in [7, 11) is 0. The highest BCUT2D eigenvalue weighted by molar-refractivity contribution is 5.68. The van der Waals surface area contributed by atoms with E-state index in [9.17, 15) is 19.3 Å². The Morgan fingerprint density at radius 2 is 2.10 bits per heavy atom. The van der Waals surface area contributed by atoms with E-state index in [1.165, 1.54) is 0 Å². The maximum atomic E-state index is 13.1. The van der Waals surface area contributed by atoms with Gasteiger partial charge in [-0.15, -0.1) is 0 Å². The van der Waals surface area contributed by atoms with Gasteiger partial charge in [0.25, 0.3) is 5.69 Å². The third kappa shape index (κ3) is 6.38. The molecule has 1 aromatic rings. The molecular formula is C14H15FN2O4. The van der Waals surface area contributed by atoms with Crippen LogP contribution in [0.3, 0.4) is 0 Å². The molecule has 0 radical (unpaired) electrons. The van der Waals surface area contributed by atoms with Crippen molar-refractivity contribution in [1.82, 2.24) is 5.32 Å². The van der Waals surface area contributed by atoms with Gasteiger partial charge in [0.2, 0.25) is 0 Å². The van der Waals surface area contributed by atoms with Gasteiger partial charge in [0.05, 0.1) is 17.5 Å². The SMILES string of the molecule is CC(C)(C)OC(=O)NCC#Cc1cc(F)cc([N+](=O)[O-])c1. The minimum absolute atomic E-state index is 0.0147. The minimum atomic E-state index is -0.742. The highest BCUT2D eigenvalue weighted by Gasteiger charge is 2.15. The predicted octanol–water partition coefficient (Wildman–Crippen LogP) is 2.61. The van der Waals surface area contributed by atoms with Gasteiger partial charge in [-0.25, -0.2) is 9.18 Å². The van der Waals surface area contributed by atoms with E-state index in [-0.39, 0.29) is 17.8 Å². The number of nitro benzene ring substituents is 1. The molecule has 0 atom stereocenters. The molecule has 7 heteroatoms. The number of amides is 1. The molecular weight excluding hydrogens is 279 g/mol. The first-order valence-electron chi connectivity index (χ1n) is 6.08. The van der Waals surface area contributed by atoms with Gasteiger partial charge in [-0.05, 0) is 26.8 Å². The molecule has 1 amide bonds. The normalized spacial score (nSPS) is 10.3. The monoisotopic (exact) mass is 294 g/mol. The standard InChI is InChI=1S/C14H15FN2O4/c1-14(2,3)21-13(18)16-6-4-5-10-7-11(15)9-12(8-10)17(19)20/h7-9H,6H2,1-3H3,(H,16,18). The fraction of sp³-hybridized carbons (Fsp3) is 0.357. The molecule has 0 aliphatic rings. The fourth-order valence-corrected chi connectivity index (χ4v) is 1.33. The van der Waals surface area contributed by atoms with Crippen LogP contribution in [0, 0.1) is 27.8 Å². The van der Waals surface area contributed by atoms with Gasteiger partial charge in [0.15, 0.2) is 0 Å². The number of non-ortho nitro benzene ring substituents is 1.